The first-order chi connectivity index (χ1) is 9.72. The number of aryl methyl sites for hydroxylation is 2. The molecule has 1 aliphatic carbocycles. The average Bonchev–Trinajstić information content (AvgIpc) is 2.37. The van der Waals surface area contributed by atoms with E-state index < -0.39 is 0 Å². The third-order valence-corrected chi connectivity index (χ3v) is 4.13. The molecule has 2 heteroatoms. The fraction of sp³-hybridized carbons (Fsp3) is 0.611. The van der Waals surface area contributed by atoms with Crippen LogP contribution in [0.15, 0.2) is 23.9 Å². The minimum atomic E-state index is 0.304. The van der Waals surface area contributed by atoms with E-state index in [1.807, 2.05) is 6.20 Å². The summed E-state index contributed by atoms with van der Waals surface area (Å²) < 4.78 is 0. The maximum absolute atomic E-state index is 4.72. The maximum atomic E-state index is 4.72. The van der Waals surface area contributed by atoms with Crippen LogP contribution in [0, 0.1) is 13.8 Å². The van der Waals surface area contributed by atoms with Gasteiger partial charge in [0, 0.05) is 6.20 Å². The Morgan fingerprint density at radius 3 is 2.75 bits per heavy atom. The van der Waals surface area contributed by atoms with E-state index in [9.17, 15) is 0 Å². The number of nitrogens with zero attached hydrogens (tertiary/aromatic N) is 1. The van der Waals surface area contributed by atoms with Gasteiger partial charge in [-0.25, -0.2) is 0 Å². The van der Waals surface area contributed by atoms with Crippen LogP contribution in [0.25, 0.3) is 0 Å². The molecule has 0 bridgehead atoms. The Kier molecular flexibility index (Phi) is 5.78. The molecule has 0 amide bonds. The summed E-state index contributed by atoms with van der Waals surface area (Å²) in [5, 5.41) is 3.65. The van der Waals surface area contributed by atoms with Crippen molar-refractivity contribution < 1.29 is 0 Å². The SMILES string of the molecule is CCNC(C1=CCCCCCC1)c1ncc(C)cc1C. The van der Waals surface area contributed by atoms with E-state index in [0.717, 1.165) is 6.54 Å². The quantitative estimate of drug-likeness (QED) is 0.808. The molecule has 0 aliphatic heterocycles. The van der Waals surface area contributed by atoms with Gasteiger partial charge in [-0.3, -0.25) is 4.98 Å². The normalized spacial score (nSPS) is 18.1. The number of likely N-dealkylation sites (N-methyl/N-ethyl adjacent to an activating group) is 1. The van der Waals surface area contributed by atoms with Gasteiger partial charge in [-0.2, -0.15) is 0 Å². The zero-order chi connectivity index (χ0) is 14.4. The van der Waals surface area contributed by atoms with E-state index >= 15 is 0 Å². The molecule has 1 heterocycles. The van der Waals surface area contributed by atoms with Gasteiger partial charge in [0.05, 0.1) is 11.7 Å². The molecule has 1 N–H and O–H groups in total. The van der Waals surface area contributed by atoms with Crippen molar-refractivity contribution in [2.75, 3.05) is 6.54 Å². The van der Waals surface area contributed by atoms with Crippen molar-refractivity contribution in [3.8, 4) is 0 Å². The van der Waals surface area contributed by atoms with Gasteiger partial charge in [0.25, 0.3) is 0 Å². The van der Waals surface area contributed by atoms with Crippen LogP contribution < -0.4 is 5.32 Å². The predicted octanol–water partition coefficient (Wildman–Crippen LogP) is 4.63. The second-order valence-corrected chi connectivity index (χ2v) is 5.94. The third-order valence-electron chi connectivity index (χ3n) is 4.13. The van der Waals surface area contributed by atoms with E-state index in [1.54, 1.807) is 5.57 Å². The lowest BCUT2D eigenvalue weighted by Gasteiger charge is -2.24. The molecule has 0 spiro atoms. The summed E-state index contributed by atoms with van der Waals surface area (Å²) in [4.78, 5) is 4.72. The molecule has 1 aromatic heterocycles. The molecular weight excluding hydrogens is 244 g/mol. The molecule has 110 valence electrons. The van der Waals surface area contributed by atoms with E-state index in [4.69, 9.17) is 4.98 Å². The number of aromatic nitrogens is 1. The van der Waals surface area contributed by atoms with Crippen LogP contribution >= 0.6 is 0 Å². The second kappa shape index (κ2) is 7.58. The fourth-order valence-electron chi connectivity index (χ4n) is 3.11. The number of allylic oxidation sites excluding steroid dienone is 1. The Morgan fingerprint density at radius 2 is 2.00 bits per heavy atom. The zero-order valence-corrected chi connectivity index (χ0v) is 13.2. The lowest BCUT2D eigenvalue weighted by molar-refractivity contribution is 0.544. The van der Waals surface area contributed by atoms with Crippen molar-refractivity contribution in [3.05, 3.63) is 40.7 Å². The Labute approximate surface area is 123 Å². The molecule has 0 aromatic carbocycles. The van der Waals surface area contributed by atoms with Crippen molar-refractivity contribution in [3.63, 3.8) is 0 Å². The number of nitrogens with one attached hydrogen (secondary N) is 1. The molecule has 2 nitrogen and oxygen atoms in total. The molecule has 1 aliphatic rings. The molecule has 1 aromatic rings. The first kappa shape index (κ1) is 15.2. The molecule has 20 heavy (non-hydrogen) atoms. The smallest absolute Gasteiger partial charge is 0.0713 e. The lowest BCUT2D eigenvalue weighted by Crippen LogP contribution is -2.25. The van der Waals surface area contributed by atoms with Crippen LogP contribution in [0.2, 0.25) is 0 Å². The molecule has 1 unspecified atom stereocenters. The first-order valence-electron chi connectivity index (χ1n) is 8.07. The molecule has 1 atom stereocenters. The van der Waals surface area contributed by atoms with Crippen LogP contribution in [-0.2, 0) is 0 Å². The predicted molar refractivity (Wildman–Crippen MR) is 85.9 cm³/mol. The molecule has 2 rings (SSSR count). The van der Waals surface area contributed by atoms with Gasteiger partial charge in [-0.05, 0) is 57.2 Å². The Morgan fingerprint density at radius 1 is 1.20 bits per heavy atom. The summed E-state index contributed by atoms with van der Waals surface area (Å²) in [5.41, 5.74) is 5.31. The summed E-state index contributed by atoms with van der Waals surface area (Å²) in [6.45, 7) is 7.46. The molecule has 0 saturated heterocycles. The van der Waals surface area contributed by atoms with Crippen LogP contribution in [0.4, 0.5) is 0 Å². The second-order valence-electron chi connectivity index (χ2n) is 5.94. The highest BCUT2D eigenvalue weighted by molar-refractivity contribution is 5.31. The molecule has 0 radical (unpaired) electrons. The zero-order valence-electron chi connectivity index (χ0n) is 13.2. The van der Waals surface area contributed by atoms with Crippen molar-refractivity contribution in [2.45, 2.75) is 65.3 Å². The van der Waals surface area contributed by atoms with Gasteiger partial charge in [0.15, 0.2) is 0 Å². The Bertz CT molecular complexity index is 462. The van der Waals surface area contributed by atoms with Gasteiger partial charge < -0.3 is 5.32 Å². The van der Waals surface area contributed by atoms with Crippen LogP contribution in [0.1, 0.15) is 68.3 Å². The van der Waals surface area contributed by atoms with E-state index in [1.165, 1.54) is 55.3 Å². The number of hydrogen-bond donors (Lipinski definition) is 1. The van der Waals surface area contributed by atoms with Gasteiger partial charge in [-0.1, -0.05) is 37.5 Å². The summed E-state index contributed by atoms with van der Waals surface area (Å²) in [6.07, 6.45) is 12.3. The first-order valence-corrected chi connectivity index (χ1v) is 8.07. The maximum Gasteiger partial charge on any atom is 0.0713 e. The van der Waals surface area contributed by atoms with E-state index in [2.05, 4.69) is 38.2 Å². The minimum Gasteiger partial charge on any atom is -0.306 e. The van der Waals surface area contributed by atoms with Gasteiger partial charge in [-0.15, -0.1) is 0 Å². The standard InChI is InChI=1S/C18H28N2/c1-4-19-18(16-10-8-6-5-7-9-11-16)17-15(3)12-14(2)13-20-17/h10,12-13,18-19H,4-9,11H2,1-3H3. The highest BCUT2D eigenvalue weighted by Crippen LogP contribution is 2.29. The Balaban J connectivity index is 2.29. The van der Waals surface area contributed by atoms with E-state index in [-0.39, 0.29) is 0 Å². The monoisotopic (exact) mass is 272 g/mol. The third kappa shape index (κ3) is 3.92. The fourth-order valence-corrected chi connectivity index (χ4v) is 3.11. The largest absolute Gasteiger partial charge is 0.306 e. The average molecular weight is 272 g/mol. The minimum absolute atomic E-state index is 0.304. The van der Waals surface area contributed by atoms with Gasteiger partial charge in [0.1, 0.15) is 0 Å². The molecular formula is C18H28N2. The summed E-state index contributed by atoms with van der Waals surface area (Å²) >= 11 is 0. The van der Waals surface area contributed by atoms with Crippen LogP contribution in [0.3, 0.4) is 0 Å². The summed E-state index contributed by atoms with van der Waals surface area (Å²) in [5.74, 6) is 0. The Hall–Kier alpha value is -1.15. The molecule has 0 fully saturated rings. The van der Waals surface area contributed by atoms with Crippen molar-refractivity contribution in [1.29, 1.82) is 0 Å². The number of rotatable bonds is 4. The van der Waals surface area contributed by atoms with Gasteiger partial charge >= 0.3 is 0 Å². The lowest BCUT2D eigenvalue weighted by atomic mass is 9.91. The van der Waals surface area contributed by atoms with Crippen LogP contribution in [0.5, 0.6) is 0 Å². The highest BCUT2D eigenvalue weighted by atomic mass is 14.9. The number of pyridine rings is 1. The van der Waals surface area contributed by atoms with Crippen molar-refractivity contribution >= 4 is 0 Å². The van der Waals surface area contributed by atoms with Crippen molar-refractivity contribution in [1.82, 2.24) is 10.3 Å². The summed E-state index contributed by atoms with van der Waals surface area (Å²) in [7, 11) is 0. The highest BCUT2D eigenvalue weighted by Gasteiger charge is 2.19. The van der Waals surface area contributed by atoms with Gasteiger partial charge in [0.2, 0.25) is 0 Å². The topological polar surface area (TPSA) is 24.9 Å². The van der Waals surface area contributed by atoms with E-state index in [0.29, 0.717) is 6.04 Å². The number of hydrogen-bond acceptors (Lipinski definition) is 2. The molecule has 0 saturated carbocycles. The summed E-state index contributed by atoms with van der Waals surface area (Å²) in [6, 6.07) is 2.55. The van der Waals surface area contributed by atoms with Crippen molar-refractivity contribution in [2.24, 2.45) is 0 Å². The van der Waals surface area contributed by atoms with Crippen LogP contribution in [-0.4, -0.2) is 11.5 Å².